The predicted octanol–water partition coefficient (Wildman–Crippen LogP) is 3.09. The van der Waals surface area contributed by atoms with Crippen molar-refractivity contribution in [1.82, 2.24) is 9.88 Å². The molecule has 22 heavy (non-hydrogen) atoms. The lowest BCUT2D eigenvalue weighted by Gasteiger charge is -2.14. The number of amides is 1. The van der Waals surface area contributed by atoms with Crippen molar-refractivity contribution in [3.05, 3.63) is 68.6 Å². The summed E-state index contributed by atoms with van der Waals surface area (Å²) in [6.07, 6.45) is 0. The summed E-state index contributed by atoms with van der Waals surface area (Å²) in [5.41, 5.74) is 2.04. The van der Waals surface area contributed by atoms with Gasteiger partial charge in [0.2, 0.25) is 0 Å². The Morgan fingerprint density at radius 2 is 2.05 bits per heavy atom. The van der Waals surface area contributed by atoms with Gasteiger partial charge in [-0.15, -0.1) is 0 Å². The average Bonchev–Trinajstić information content (AvgIpc) is 3.05. The van der Waals surface area contributed by atoms with Crippen LogP contribution in [-0.4, -0.2) is 10.5 Å². The fraction of sp³-hybridized carbons (Fsp3) is 0.176. The van der Waals surface area contributed by atoms with E-state index in [2.05, 4.69) is 5.32 Å². The predicted molar refractivity (Wildman–Crippen MR) is 89.4 cm³/mol. The molecule has 0 aliphatic heterocycles. The molecule has 3 rings (SSSR count). The van der Waals surface area contributed by atoms with Crippen LogP contribution in [0.15, 0.2) is 52.0 Å². The standard InChI is InChI=1S/C17H16N2O2S/c1-11(12-7-8-22-10-12)18-17(21)14-9-16(20)19(2)15-6-4-3-5-13(14)15/h3-11H,1-2H3,(H,18,21)/t11-/m0/s1. The number of para-hydroxylation sites is 1. The highest BCUT2D eigenvalue weighted by Crippen LogP contribution is 2.19. The quantitative estimate of drug-likeness (QED) is 0.808. The number of carbonyl (C=O) groups is 1. The number of carbonyl (C=O) groups excluding carboxylic acids is 1. The van der Waals surface area contributed by atoms with Crippen molar-refractivity contribution in [2.24, 2.45) is 7.05 Å². The van der Waals surface area contributed by atoms with Crippen LogP contribution in [0, 0.1) is 0 Å². The summed E-state index contributed by atoms with van der Waals surface area (Å²) >= 11 is 1.59. The fourth-order valence-electron chi connectivity index (χ4n) is 2.48. The lowest BCUT2D eigenvalue weighted by Crippen LogP contribution is -2.29. The zero-order chi connectivity index (χ0) is 15.7. The van der Waals surface area contributed by atoms with Crippen LogP contribution in [0.25, 0.3) is 10.9 Å². The maximum absolute atomic E-state index is 12.6. The number of nitrogens with zero attached hydrogens (tertiary/aromatic N) is 1. The third-order valence-corrected chi connectivity index (χ3v) is 4.49. The molecule has 1 N–H and O–H groups in total. The van der Waals surface area contributed by atoms with Crippen LogP contribution in [0.5, 0.6) is 0 Å². The van der Waals surface area contributed by atoms with Crippen molar-refractivity contribution in [2.45, 2.75) is 13.0 Å². The number of benzene rings is 1. The van der Waals surface area contributed by atoms with E-state index in [1.165, 1.54) is 6.07 Å². The average molecular weight is 312 g/mol. The molecule has 0 aliphatic rings. The molecule has 0 fully saturated rings. The Bertz CT molecular complexity index is 881. The zero-order valence-corrected chi connectivity index (χ0v) is 13.2. The number of nitrogens with one attached hydrogen (secondary N) is 1. The number of hydrogen-bond donors (Lipinski definition) is 1. The number of pyridine rings is 1. The Hall–Kier alpha value is -2.40. The largest absolute Gasteiger partial charge is 0.345 e. The Labute approximate surface area is 132 Å². The highest BCUT2D eigenvalue weighted by molar-refractivity contribution is 7.07. The normalized spacial score (nSPS) is 12.3. The SMILES string of the molecule is C[C@H](NC(=O)c1cc(=O)n(C)c2ccccc12)c1ccsc1. The first-order chi connectivity index (χ1) is 10.6. The van der Waals surface area contributed by atoms with Crippen LogP contribution >= 0.6 is 11.3 Å². The lowest BCUT2D eigenvalue weighted by atomic mass is 10.1. The number of aryl methyl sites for hydroxylation is 1. The Morgan fingerprint density at radius 3 is 2.77 bits per heavy atom. The summed E-state index contributed by atoms with van der Waals surface area (Å²) in [6, 6.07) is 10.7. The molecule has 5 heteroatoms. The summed E-state index contributed by atoms with van der Waals surface area (Å²) in [5.74, 6) is -0.229. The maximum Gasteiger partial charge on any atom is 0.252 e. The molecule has 0 saturated carbocycles. The van der Waals surface area contributed by atoms with E-state index in [1.54, 1.807) is 23.0 Å². The Kier molecular flexibility index (Phi) is 3.81. The summed E-state index contributed by atoms with van der Waals surface area (Å²) < 4.78 is 1.55. The molecule has 1 atom stereocenters. The van der Waals surface area contributed by atoms with Gasteiger partial charge in [-0.05, 0) is 35.4 Å². The molecule has 1 amide bonds. The van der Waals surface area contributed by atoms with Gasteiger partial charge in [0.25, 0.3) is 11.5 Å². The minimum atomic E-state index is -0.229. The first-order valence-corrected chi connectivity index (χ1v) is 7.94. The van der Waals surface area contributed by atoms with E-state index < -0.39 is 0 Å². The molecular formula is C17H16N2O2S. The second-order valence-electron chi connectivity index (χ2n) is 5.22. The van der Waals surface area contributed by atoms with Crippen molar-refractivity contribution in [1.29, 1.82) is 0 Å². The Balaban J connectivity index is 2.01. The van der Waals surface area contributed by atoms with E-state index in [1.807, 2.05) is 48.0 Å². The third-order valence-electron chi connectivity index (χ3n) is 3.79. The van der Waals surface area contributed by atoms with Crippen LogP contribution in [0.2, 0.25) is 0 Å². The van der Waals surface area contributed by atoms with Gasteiger partial charge in [-0.25, -0.2) is 0 Å². The summed E-state index contributed by atoms with van der Waals surface area (Å²) in [5, 5.41) is 7.72. The first kappa shape index (κ1) is 14.5. The second kappa shape index (κ2) is 5.77. The minimum absolute atomic E-state index is 0.0958. The first-order valence-electron chi connectivity index (χ1n) is 6.99. The molecule has 112 valence electrons. The third kappa shape index (κ3) is 2.55. The van der Waals surface area contributed by atoms with Crippen molar-refractivity contribution >= 4 is 28.1 Å². The molecule has 0 bridgehead atoms. The number of thiophene rings is 1. The van der Waals surface area contributed by atoms with Gasteiger partial charge in [-0.3, -0.25) is 9.59 Å². The lowest BCUT2D eigenvalue weighted by molar-refractivity contribution is 0.0941. The second-order valence-corrected chi connectivity index (χ2v) is 6.00. The van der Waals surface area contributed by atoms with E-state index in [0.717, 1.165) is 16.5 Å². The van der Waals surface area contributed by atoms with Crippen LogP contribution in [0.3, 0.4) is 0 Å². The van der Waals surface area contributed by atoms with Gasteiger partial charge in [0.1, 0.15) is 0 Å². The van der Waals surface area contributed by atoms with Gasteiger partial charge in [0.15, 0.2) is 0 Å². The van der Waals surface area contributed by atoms with Gasteiger partial charge in [-0.1, -0.05) is 18.2 Å². The monoisotopic (exact) mass is 312 g/mol. The van der Waals surface area contributed by atoms with Crippen molar-refractivity contribution in [3.8, 4) is 0 Å². The van der Waals surface area contributed by atoms with Gasteiger partial charge in [0, 0.05) is 18.5 Å². The number of fused-ring (bicyclic) bond motifs is 1. The molecule has 2 heterocycles. The van der Waals surface area contributed by atoms with Gasteiger partial charge in [0.05, 0.1) is 17.1 Å². The summed E-state index contributed by atoms with van der Waals surface area (Å²) in [4.78, 5) is 24.6. The van der Waals surface area contributed by atoms with E-state index in [4.69, 9.17) is 0 Å². The van der Waals surface area contributed by atoms with Crippen LogP contribution in [0.1, 0.15) is 28.9 Å². The molecular weight excluding hydrogens is 296 g/mol. The van der Waals surface area contributed by atoms with Crippen LogP contribution < -0.4 is 10.9 Å². The fourth-order valence-corrected chi connectivity index (χ4v) is 3.23. The molecule has 0 unspecified atom stereocenters. The van der Waals surface area contributed by atoms with Crippen molar-refractivity contribution in [2.75, 3.05) is 0 Å². The highest BCUT2D eigenvalue weighted by Gasteiger charge is 2.16. The maximum atomic E-state index is 12.6. The molecule has 0 saturated heterocycles. The highest BCUT2D eigenvalue weighted by atomic mass is 32.1. The van der Waals surface area contributed by atoms with E-state index in [-0.39, 0.29) is 17.5 Å². The molecule has 4 nitrogen and oxygen atoms in total. The van der Waals surface area contributed by atoms with Crippen LogP contribution in [-0.2, 0) is 7.05 Å². The molecule has 0 radical (unpaired) electrons. The summed E-state index contributed by atoms with van der Waals surface area (Å²) in [6.45, 7) is 1.93. The summed E-state index contributed by atoms with van der Waals surface area (Å²) in [7, 11) is 1.71. The van der Waals surface area contributed by atoms with Gasteiger partial charge in [-0.2, -0.15) is 11.3 Å². The molecule has 3 aromatic rings. The molecule has 1 aromatic carbocycles. The zero-order valence-electron chi connectivity index (χ0n) is 12.4. The van der Waals surface area contributed by atoms with Crippen molar-refractivity contribution < 1.29 is 4.79 Å². The Morgan fingerprint density at radius 1 is 1.27 bits per heavy atom. The van der Waals surface area contributed by atoms with Crippen LogP contribution in [0.4, 0.5) is 0 Å². The molecule has 0 spiro atoms. The van der Waals surface area contributed by atoms with E-state index in [9.17, 15) is 9.59 Å². The smallest absolute Gasteiger partial charge is 0.252 e. The number of aromatic nitrogens is 1. The van der Waals surface area contributed by atoms with Crippen molar-refractivity contribution in [3.63, 3.8) is 0 Å². The molecule has 0 aliphatic carbocycles. The number of hydrogen-bond acceptors (Lipinski definition) is 3. The topological polar surface area (TPSA) is 51.1 Å². The van der Waals surface area contributed by atoms with E-state index >= 15 is 0 Å². The number of rotatable bonds is 3. The van der Waals surface area contributed by atoms with Gasteiger partial charge < -0.3 is 9.88 Å². The minimum Gasteiger partial charge on any atom is -0.345 e. The van der Waals surface area contributed by atoms with Gasteiger partial charge >= 0.3 is 0 Å². The van der Waals surface area contributed by atoms with E-state index in [0.29, 0.717) is 5.56 Å². The molecule has 2 aromatic heterocycles.